The number of rotatable bonds is 3. The van der Waals surface area contributed by atoms with Crippen molar-refractivity contribution >= 4 is 9.84 Å². The van der Waals surface area contributed by atoms with Gasteiger partial charge in [0.1, 0.15) is 9.84 Å². The van der Waals surface area contributed by atoms with Crippen LogP contribution >= 0.6 is 0 Å². The topological polar surface area (TPSA) is 78.6 Å². The third-order valence-corrected chi connectivity index (χ3v) is 3.65. The van der Waals surface area contributed by atoms with Gasteiger partial charge in [-0.15, -0.1) is 0 Å². The quantitative estimate of drug-likeness (QED) is 0.883. The summed E-state index contributed by atoms with van der Waals surface area (Å²) in [6.45, 7) is 1.22. The van der Waals surface area contributed by atoms with E-state index in [4.69, 9.17) is 15.2 Å². The predicted molar refractivity (Wildman–Crippen MR) is 68.7 cm³/mol. The summed E-state index contributed by atoms with van der Waals surface area (Å²) in [5.41, 5.74) is 6.62. The molecule has 18 heavy (non-hydrogen) atoms. The van der Waals surface area contributed by atoms with Crippen LogP contribution in [0.3, 0.4) is 0 Å². The second-order valence-corrected chi connectivity index (χ2v) is 6.64. The average Bonchev–Trinajstić information content (AvgIpc) is 2.50. The summed E-state index contributed by atoms with van der Waals surface area (Å²) >= 11 is 0. The molecule has 2 N–H and O–H groups in total. The Morgan fingerprint density at radius 3 is 2.61 bits per heavy atom. The Labute approximate surface area is 107 Å². The number of benzene rings is 1. The van der Waals surface area contributed by atoms with Gasteiger partial charge in [0.05, 0.1) is 19.0 Å². The molecule has 1 aliphatic rings. The summed E-state index contributed by atoms with van der Waals surface area (Å²) in [4.78, 5) is 0. The van der Waals surface area contributed by atoms with Gasteiger partial charge in [-0.25, -0.2) is 8.42 Å². The van der Waals surface area contributed by atoms with Crippen LogP contribution in [0.15, 0.2) is 18.2 Å². The van der Waals surface area contributed by atoms with Crippen molar-refractivity contribution in [1.29, 1.82) is 0 Å². The van der Waals surface area contributed by atoms with Gasteiger partial charge in [0, 0.05) is 18.7 Å². The molecule has 5 nitrogen and oxygen atoms in total. The highest BCUT2D eigenvalue weighted by Crippen LogP contribution is 2.32. The van der Waals surface area contributed by atoms with Crippen LogP contribution in [0.4, 0.5) is 0 Å². The lowest BCUT2D eigenvalue weighted by Crippen LogP contribution is -2.20. The van der Waals surface area contributed by atoms with Crippen LogP contribution in [0, 0.1) is 0 Å². The molecule has 1 heterocycles. The highest BCUT2D eigenvalue weighted by molar-refractivity contribution is 7.90. The van der Waals surface area contributed by atoms with E-state index in [2.05, 4.69) is 0 Å². The second-order valence-electron chi connectivity index (χ2n) is 4.46. The fourth-order valence-corrected chi connectivity index (χ4v) is 2.68. The van der Waals surface area contributed by atoms with Gasteiger partial charge in [0.2, 0.25) is 0 Å². The summed E-state index contributed by atoms with van der Waals surface area (Å²) in [6.07, 6.45) is 2.01. The molecule has 1 unspecified atom stereocenters. The lowest BCUT2D eigenvalue weighted by Gasteiger charge is -2.14. The fraction of sp³-hybridized carbons (Fsp3) is 0.500. The van der Waals surface area contributed by atoms with Crippen molar-refractivity contribution < 1.29 is 17.9 Å². The Morgan fingerprint density at radius 1 is 1.28 bits per heavy atom. The zero-order valence-electron chi connectivity index (χ0n) is 10.3. The highest BCUT2D eigenvalue weighted by atomic mass is 32.2. The molecular formula is C12H17NO4S. The van der Waals surface area contributed by atoms with Gasteiger partial charge in [-0.3, -0.25) is 0 Å². The molecule has 1 atom stereocenters. The van der Waals surface area contributed by atoms with Gasteiger partial charge in [-0.1, -0.05) is 6.07 Å². The molecule has 1 aromatic carbocycles. The summed E-state index contributed by atoms with van der Waals surface area (Å²) in [5.74, 6) is 1.24. The van der Waals surface area contributed by atoms with E-state index in [1.165, 1.54) is 6.26 Å². The van der Waals surface area contributed by atoms with E-state index in [0.29, 0.717) is 24.7 Å². The smallest absolute Gasteiger partial charge is 0.161 e. The minimum Gasteiger partial charge on any atom is -0.490 e. The van der Waals surface area contributed by atoms with Crippen molar-refractivity contribution in [2.24, 2.45) is 5.73 Å². The van der Waals surface area contributed by atoms with Crippen LogP contribution in [0.5, 0.6) is 11.5 Å². The Balaban J connectivity index is 2.22. The van der Waals surface area contributed by atoms with Crippen LogP contribution in [0.1, 0.15) is 18.0 Å². The summed E-state index contributed by atoms with van der Waals surface area (Å²) in [5, 5.41) is 0. The van der Waals surface area contributed by atoms with Crippen molar-refractivity contribution in [3.8, 4) is 11.5 Å². The molecule has 0 spiro atoms. The maximum atomic E-state index is 11.2. The first-order chi connectivity index (χ1) is 8.46. The van der Waals surface area contributed by atoms with Crippen molar-refractivity contribution in [2.45, 2.75) is 12.5 Å². The van der Waals surface area contributed by atoms with E-state index in [0.717, 1.165) is 12.0 Å². The summed E-state index contributed by atoms with van der Waals surface area (Å²) in [7, 11) is -3.10. The Morgan fingerprint density at radius 2 is 1.94 bits per heavy atom. The largest absolute Gasteiger partial charge is 0.490 e. The number of nitrogens with two attached hydrogens (primary N) is 1. The van der Waals surface area contributed by atoms with Crippen LogP contribution in [-0.2, 0) is 9.84 Å². The molecule has 0 amide bonds. The van der Waals surface area contributed by atoms with E-state index in [-0.39, 0.29) is 5.75 Å². The van der Waals surface area contributed by atoms with Crippen LogP contribution in [0.25, 0.3) is 0 Å². The number of fused-ring (bicyclic) bond motifs is 1. The number of sulfone groups is 1. The van der Waals surface area contributed by atoms with E-state index in [1.54, 1.807) is 18.2 Å². The molecule has 0 saturated carbocycles. The van der Waals surface area contributed by atoms with Gasteiger partial charge in [-0.2, -0.15) is 0 Å². The standard InChI is InChI=1S/C12H17NO4S/c1-18(14,15)8-10(13)9-3-4-11-12(7-9)17-6-2-5-16-11/h3-4,7,10H,2,5-6,8,13H2,1H3. The van der Waals surface area contributed by atoms with Crippen LogP contribution < -0.4 is 15.2 Å². The zero-order chi connectivity index (χ0) is 13.2. The predicted octanol–water partition coefficient (Wildman–Crippen LogP) is 0.892. The lowest BCUT2D eigenvalue weighted by atomic mass is 10.1. The molecule has 1 aliphatic heterocycles. The Bertz CT molecular complexity index is 527. The molecular weight excluding hydrogens is 254 g/mol. The number of hydrogen-bond acceptors (Lipinski definition) is 5. The normalized spacial score (nSPS) is 17.0. The van der Waals surface area contributed by atoms with E-state index < -0.39 is 15.9 Å². The van der Waals surface area contributed by atoms with Gasteiger partial charge in [0.15, 0.2) is 11.5 Å². The maximum Gasteiger partial charge on any atom is 0.161 e. The van der Waals surface area contributed by atoms with Crippen molar-refractivity contribution in [2.75, 3.05) is 25.2 Å². The molecule has 0 fully saturated rings. The maximum absolute atomic E-state index is 11.2. The van der Waals surface area contributed by atoms with Gasteiger partial charge < -0.3 is 15.2 Å². The van der Waals surface area contributed by atoms with E-state index in [1.807, 2.05) is 0 Å². The van der Waals surface area contributed by atoms with Crippen LogP contribution in [0.2, 0.25) is 0 Å². The fourth-order valence-electron chi connectivity index (χ4n) is 1.83. The minimum absolute atomic E-state index is 0.0767. The van der Waals surface area contributed by atoms with E-state index in [9.17, 15) is 8.42 Å². The molecule has 0 saturated heterocycles. The molecule has 0 radical (unpaired) electrons. The minimum atomic E-state index is -3.10. The first-order valence-corrected chi connectivity index (χ1v) is 7.84. The molecule has 6 heteroatoms. The molecule has 1 aromatic rings. The third-order valence-electron chi connectivity index (χ3n) is 2.68. The van der Waals surface area contributed by atoms with Gasteiger partial charge in [0.25, 0.3) is 0 Å². The molecule has 0 bridgehead atoms. The second kappa shape index (κ2) is 5.16. The van der Waals surface area contributed by atoms with Crippen molar-refractivity contribution in [3.63, 3.8) is 0 Å². The van der Waals surface area contributed by atoms with Crippen LogP contribution in [-0.4, -0.2) is 33.6 Å². The SMILES string of the molecule is CS(=O)(=O)CC(N)c1ccc2c(c1)OCCCO2. The first-order valence-electron chi connectivity index (χ1n) is 5.78. The first kappa shape index (κ1) is 13.2. The molecule has 0 aromatic heterocycles. The van der Waals surface area contributed by atoms with Crippen molar-refractivity contribution in [1.82, 2.24) is 0 Å². The number of ether oxygens (including phenoxy) is 2. The Kier molecular flexibility index (Phi) is 3.77. The van der Waals surface area contributed by atoms with E-state index >= 15 is 0 Å². The highest BCUT2D eigenvalue weighted by Gasteiger charge is 2.17. The third kappa shape index (κ3) is 3.36. The molecule has 0 aliphatic carbocycles. The lowest BCUT2D eigenvalue weighted by molar-refractivity contribution is 0.297. The van der Waals surface area contributed by atoms with Crippen molar-refractivity contribution in [3.05, 3.63) is 23.8 Å². The number of hydrogen-bond donors (Lipinski definition) is 1. The van der Waals surface area contributed by atoms with Gasteiger partial charge in [-0.05, 0) is 17.7 Å². The Hall–Kier alpha value is -1.27. The molecule has 100 valence electrons. The zero-order valence-corrected chi connectivity index (χ0v) is 11.1. The summed E-state index contributed by atoms with van der Waals surface area (Å²) in [6, 6.07) is 4.77. The van der Waals surface area contributed by atoms with Gasteiger partial charge >= 0.3 is 0 Å². The average molecular weight is 271 g/mol. The monoisotopic (exact) mass is 271 g/mol. The molecule has 2 rings (SSSR count). The summed E-state index contributed by atoms with van der Waals surface area (Å²) < 4.78 is 33.5.